The Kier molecular flexibility index (Phi) is 5.74. The van der Waals surface area contributed by atoms with Crippen molar-refractivity contribution in [3.63, 3.8) is 0 Å². The van der Waals surface area contributed by atoms with E-state index in [4.69, 9.17) is 4.74 Å². The van der Waals surface area contributed by atoms with Gasteiger partial charge in [0.25, 0.3) is 0 Å². The van der Waals surface area contributed by atoms with Crippen LogP contribution in [0.3, 0.4) is 0 Å². The highest BCUT2D eigenvalue weighted by Gasteiger charge is 2.35. The number of nitrogens with zero attached hydrogens (tertiary/aromatic N) is 1. The molecule has 1 aliphatic heterocycles. The van der Waals surface area contributed by atoms with Crippen molar-refractivity contribution < 1.29 is 18.7 Å². The van der Waals surface area contributed by atoms with Crippen molar-refractivity contribution in [2.45, 2.75) is 26.7 Å². The molecule has 1 fully saturated rings. The summed E-state index contributed by atoms with van der Waals surface area (Å²) in [6, 6.07) is 11.5. The maximum Gasteiger partial charge on any atom is 0.229 e. The lowest BCUT2D eigenvalue weighted by Crippen LogP contribution is -2.28. The van der Waals surface area contributed by atoms with Gasteiger partial charge in [-0.25, -0.2) is 4.39 Å². The third-order valence-corrected chi connectivity index (χ3v) is 4.56. The molecule has 2 aromatic carbocycles. The van der Waals surface area contributed by atoms with Gasteiger partial charge in [-0.1, -0.05) is 6.92 Å². The molecule has 3 rings (SSSR count). The van der Waals surface area contributed by atoms with Gasteiger partial charge in [0.2, 0.25) is 11.8 Å². The van der Waals surface area contributed by atoms with Gasteiger partial charge in [-0.05, 0) is 61.4 Å². The number of rotatable bonds is 6. The molecule has 0 spiro atoms. The van der Waals surface area contributed by atoms with Crippen LogP contribution in [0.5, 0.6) is 5.75 Å². The molecule has 2 aromatic rings. The van der Waals surface area contributed by atoms with Crippen LogP contribution in [0.1, 0.15) is 25.3 Å². The number of carbonyl (C=O) groups excluding carboxylic acids is 2. The van der Waals surface area contributed by atoms with Crippen molar-refractivity contribution in [2.75, 3.05) is 23.4 Å². The third kappa shape index (κ3) is 4.45. The van der Waals surface area contributed by atoms with Gasteiger partial charge >= 0.3 is 0 Å². The molecular formula is C21H23FN2O3. The predicted molar refractivity (Wildman–Crippen MR) is 102 cm³/mol. The van der Waals surface area contributed by atoms with Crippen LogP contribution in [-0.4, -0.2) is 25.0 Å². The second kappa shape index (κ2) is 8.20. The molecule has 0 saturated carbocycles. The first-order valence-electron chi connectivity index (χ1n) is 9.08. The summed E-state index contributed by atoms with van der Waals surface area (Å²) >= 11 is 0. The molecule has 1 N–H and O–H groups in total. The molecule has 1 heterocycles. The van der Waals surface area contributed by atoms with E-state index >= 15 is 0 Å². The van der Waals surface area contributed by atoms with Crippen molar-refractivity contribution in [2.24, 2.45) is 5.92 Å². The summed E-state index contributed by atoms with van der Waals surface area (Å²) in [6.45, 7) is 4.73. The number of aryl methyl sites for hydroxylation is 1. The first kappa shape index (κ1) is 18.9. The number of ether oxygens (including phenoxy) is 1. The molecule has 1 aliphatic rings. The van der Waals surface area contributed by atoms with Gasteiger partial charge in [0, 0.05) is 24.3 Å². The summed E-state index contributed by atoms with van der Waals surface area (Å²) in [4.78, 5) is 26.5. The van der Waals surface area contributed by atoms with Gasteiger partial charge in [0.05, 0.1) is 12.5 Å². The Bertz CT molecular complexity index is 836. The van der Waals surface area contributed by atoms with Crippen LogP contribution in [0.15, 0.2) is 42.5 Å². The van der Waals surface area contributed by atoms with Crippen LogP contribution < -0.4 is 15.0 Å². The highest BCUT2D eigenvalue weighted by molar-refractivity contribution is 6.03. The molecule has 0 aliphatic carbocycles. The maximum atomic E-state index is 13.2. The summed E-state index contributed by atoms with van der Waals surface area (Å²) in [5, 5.41) is 2.80. The minimum absolute atomic E-state index is 0.0896. The molecule has 142 valence electrons. The second-order valence-corrected chi connectivity index (χ2v) is 6.70. The molecule has 1 atom stereocenters. The number of halogens is 1. The lowest BCUT2D eigenvalue weighted by Gasteiger charge is -2.17. The second-order valence-electron chi connectivity index (χ2n) is 6.70. The fourth-order valence-corrected chi connectivity index (χ4v) is 3.08. The number of benzene rings is 2. The quantitative estimate of drug-likeness (QED) is 0.839. The van der Waals surface area contributed by atoms with E-state index in [0.29, 0.717) is 24.4 Å². The highest BCUT2D eigenvalue weighted by atomic mass is 19.1. The molecule has 6 heteroatoms. The molecule has 0 aromatic heterocycles. The standard InChI is InChI=1S/C21H23FN2O3/c1-3-10-27-18-7-5-17(6-8-18)24-13-15(12-20(24)25)21(26)23-19-9-4-16(22)11-14(19)2/h4-9,11,15H,3,10,12-13H2,1-2H3,(H,23,26)/t15-/m0/s1. The fourth-order valence-electron chi connectivity index (χ4n) is 3.08. The van der Waals surface area contributed by atoms with Gasteiger partial charge in [0.15, 0.2) is 0 Å². The maximum absolute atomic E-state index is 13.2. The molecule has 27 heavy (non-hydrogen) atoms. The molecule has 0 bridgehead atoms. The van der Waals surface area contributed by atoms with Crippen LogP contribution in [0.2, 0.25) is 0 Å². The summed E-state index contributed by atoms with van der Waals surface area (Å²) in [7, 11) is 0. The van der Waals surface area contributed by atoms with Gasteiger partial charge < -0.3 is 15.0 Å². The average molecular weight is 370 g/mol. The Hall–Kier alpha value is -2.89. The minimum Gasteiger partial charge on any atom is -0.494 e. The minimum atomic E-state index is -0.446. The Balaban J connectivity index is 1.65. The first-order valence-corrected chi connectivity index (χ1v) is 9.08. The summed E-state index contributed by atoms with van der Waals surface area (Å²) in [5.41, 5.74) is 1.95. The van der Waals surface area contributed by atoms with Crippen molar-refractivity contribution >= 4 is 23.2 Å². The zero-order valence-corrected chi connectivity index (χ0v) is 15.5. The number of amides is 2. The van der Waals surface area contributed by atoms with Crippen LogP contribution in [-0.2, 0) is 9.59 Å². The summed E-state index contributed by atoms with van der Waals surface area (Å²) < 4.78 is 18.8. The number of carbonyl (C=O) groups is 2. The predicted octanol–water partition coefficient (Wildman–Crippen LogP) is 3.91. The number of hydrogen-bond acceptors (Lipinski definition) is 3. The van der Waals surface area contributed by atoms with Crippen molar-refractivity contribution in [3.8, 4) is 5.75 Å². The van der Waals surface area contributed by atoms with E-state index in [2.05, 4.69) is 5.32 Å². The zero-order chi connectivity index (χ0) is 19.4. The smallest absolute Gasteiger partial charge is 0.229 e. The first-order chi connectivity index (χ1) is 13.0. The largest absolute Gasteiger partial charge is 0.494 e. The van der Waals surface area contributed by atoms with E-state index in [9.17, 15) is 14.0 Å². The molecule has 0 radical (unpaired) electrons. The average Bonchev–Trinajstić information content (AvgIpc) is 3.04. The molecule has 1 saturated heterocycles. The number of anilines is 2. The van der Waals surface area contributed by atoms with Crippen molar-refractivity contribution in [1.29, 1.82) is 0 Å². The van der Waals surface area contributed by atoms with E-state index in [1.165, 1.54) is 18.2 Å². The van der Waals surface area contributed by atoms with E-state index in [-0.39, 0.29) is 24.1 Å². The van der Waals surface area contributed by atoms with Crippen LogP contribution in [0.4, 0.5) is 15.8 Å². The monoisotopic (exact) mass is 370 g/mol. The molecule has 5 nitrogen and oxygen atoms in total. The SMILES string of the molecule is CCCOc1ccc(N2C[C@@H](C(=O)Nc3ccc(F)cc3C)CC2=O)cc1. The van der Waals surface area contributed by atoms with Crippen molar-refractivity contribution in [3.05, 3.63) is 53.8 Å². The summed E-state index contributed by atoms with van der Waals surface area (Å²) in [5.74, 6) is -0.359. The fraction of sp³-hybridized carbons (Fsp3) is 0.333. The molecule has 0 unspecified atom stereocenters. The Morgan fingerprint density at radius 2 is 2.00 bits per heavy atom. The summed E-state index contributed by atoms with van der Waals surface area (Å²) in [6.07, 6.45) is 1.08. The zero-order valence-electron chi connectivity index (χ0n) is 15.5. The van der Waals surface area contributed by atoms with Gasteiger partial charge in [-0.15, -0.1) is 0 Å². The number of nitrogens with one attached hydrogen (secondary N) is 1. The van der Waals surface area contributed by atoms with E-state index in [1.807, 2.05) is 31.2 Å². The van der Waals surface area contributed by atoms with Crippen LogP contribution in [0, 0.1) is 18.7 Å². The lowest BCUT2D eigenvalue weighted by molar-refractivity contribution is -0.122. The molecular weight excluding hydrogens is 347 g/mol. The van der Waals surface area contributed by atoms with Crippen molar-refractivity contribution in [1.82, 2.24) is 0 Å². The van der Waals surface area contributed by atoms with Gasteiger partial charge in [0.1, 0.15) is 11.6 Å². The van der Waals surface area contributed by atoms with Gasteiger partial charge in [-0.2, -0.15) is 0 Å². The third-order valence-electron chi connectivity index (χ3n) is 4.56. The van der Waals surface area contributed by atoms with Crippen LogP contribution in [0.25, 0.3) is 0 Å². The van der Waals surface area contributed by atoms with Gasteiger partial charge in [-0.3, -0.25) is 9.59 Å². The van der Waals surface area contributed by atoms with Crippen LogP contribution >= 0.6 is 0 Å². The molecule has 2 amide bonds. The topological polar surface area (TPSA) is 58.6 Å². The van der Waals surface area contributed by atoms with E-state index in [0.717, 1.165) is 17.9 Å². The Morgan fingerprint density at radius 3 is 2.67 bits per heavy atom. The van der Waals surface area contributed by atoms with E-state index < -0.39 is 5.92 Å². The Morgan fingerprint density at radius 1 is 1.26 bits per heavy atom. The van der Waals surface area contributed by atoms with E-state index in [1.54, 1.807) is 11.8 Å². The lowest BCUT2D eigenvalue weighted by atomic mass is 10.1. The number of hydrogen-bond donors (Lipinski definition) is 1. The Labute approximate surface area is 158 Å². The highest BCUT2D eigenvalue weighted by Crippen LogP contribution is 2.28. The normalized spacial score (nSPS) is 16.5.